The summed E-state index contributed by atoms with van der Waals surface area (Å²) in [4.78, 5) is 4.73. The lowest BCUT2D eigenvalue weighted by molar-refractivity contribution is -0.113. The van der Waals surface area contributed by atoms with Crippen LogP contribution in [0.4, 0.5) is 8.78 Å². The first kappa shape index (κ1) is 18.0. The monoisotopic (exact) mass is 397 g/mol. The molecular weight excluding hydrogens is 376 g/mol. The van der Waals surface area contributed by atoms with Crippen LogP contribution in [-0.4, -0.2) is 30.4 Å². The van der Waals surface area contributed by atoms with Gasteiger partial charge in [-0.05, 0) is 25.8 Å². The number of hydrogen-bond acceptors (Lipinski definition) is 4. The summed E-state index contributed by atoms with van der Waals surface area (Å²) in [5.74, 6) is -1.84. The third kappa shape index (κ3) is 3.03. The molecule has 0 bridgehead atoms. The van der Waals surface area contributed by atoms with E-state index in [1.54, 1.807) is 10.9 Å². The molecule has 5 rings (SSSR count). The van der Waals surface area contributed by atoms with Crippen molar-refractivity contribution in [3.05, 3.63) is 42.3 Å². The molecule has 6 nitrogen and oxygen atoms in total. The first-order valence-corrected chi connectivity index (χ1v) is 9.60. The zero-order valence-corrected chi connectivity index (χ0v) is 16.5. The molecule has 29 heavy (non-hydrogen) atoms. The number of nitrogens with zero attached hydrogens (tertiary/aromatic N) is 5. The van der Waals surface area contributed by atoms with E-state index in [9.17, 15) is 8.78 Å². The third-order valence-corrected chi connectivity index (χ3v) is 5.68. The molecule has 1 fully saturated rings. The summed E-state index contributed by atoms with van der Waals surface area (Å²) >= 11 is 0. The maximum absolute atomic E-state index is 13.4. The molecule has 0 aromatic carbocycles. The highest BCUT2D eigenvalue weighted by molar-refractivity contribution is 5.94. The Labute approximate surface area is 166 Å². The van der Waals surface area contributed by atoms with Crippen LogP contribution in [-0.2, 0) is 13.6 Å². The van der Waals surface area contributed by atoms with Crippen LogP contribution in [0.5, 0.6) is 0 Å². The highest BCUT2D eigenvalue weighted by atomic mass is 19.3. The zero-order chi connectivity index (χ0) is 20.3. The average Bonchev–Trinajstić information content (AvgIpc) is 3.31. The average molecular weight is 397 g/mol. The topological polar surface area (TPSA) is 61.7 Å². The molecule has 150 valence electrons. The van der Waals surface area contributed by atoms with Crippen LogP contribution in [0.1, 0.15) is 24.3 Å². The van der Waals surface area contributed by atoms with Crippen LogP contribution in [0.25, 0.3) is 33.3 Å². The van der Waals surface area contributed by atoms with E-state index >= 15 is 0 Å². The van der Waals surface area contributed by atoms with Gasteiger partial charge in [0.25, 0.3) is 0 Å². The van der Waals surface area contributed by atoms with E-state index in [-0.39, 0.29) is 18.8 Å². The fourth-order valence-electron chi connectivity index (χ4n) is 4.31. The Morgan fingerprint density at radius 3 is 2.59 bits per heavy atom. The number of aryl methyl sites for hydroxylation is 3. The Morgan fingerprint density at radius 2 is 1.97 bits per heavy atom. The van der Waals surface area contributed by atoms with Gasteiger partial charge in [0.05, 0.1) is 22.9 Å². The van der Waals surface area contributed by atoms with E-state index in [2.05, 4.69) is 10.3 Å². The molecule has 1 saturated carbocycles. The Hall–Kier alpha value is -3.03. The molecule has 0 aliphatic heterocycles. The number of pyridine rings is 1. The number of halogens is 2. The Balaban J connectivity index is 1.63. The van der Waals surface area contributed by atoms with Crippen molar-refractivity contribution in [1.82, 2.24) is 24.5 Å². The second-order valence-electron chi connectivity index (χ2n) is 8.02. The molecule has 1 aliphatic rings. The molecule has 8 heteroatoms. The maximum Gasteiger partial charge on any atom is 0.248 e. The van der Waals surface area contributed by atoms with Gasteiger partial charge in [0.1, 0.15) is 5.76 Å². The van der Waals surface area contributed by atoms with Gasteiger partial charge in [-0.3, -0.25) is 9.67 Å². The standard InChI is InChI=1S/C21H21F2N5O/c1-12-19(13(2)29-26-12)15-4-18-20(24-7-15)17(16-8-25-27(3)10-16)11-28(18)9-14-5-21(22,23)6-14/h4,7-8,10-11,14H,5-6,9H2,1-3H3. The van der Waals surface area contributed by atoms with Crippen molar-refractivity contribution in [2.24, 2.45) is 13.0 Å². The van der Waals surface area contributed by atoms with Gasteiger partial charge in [-0.25, -0.2) is 8.78 Å². The van der Waals surface area contributed by atoms with Gasteiger partial charge >= 0.3 is 0 Å². The van der Waals surface area contributed by atoms with Crippen molar-refractivity contribution in [2.75, 3.05) is 0 Å². The fraction of sp³-hybridized carbons (Fsp3) is 0.381. The first-order valence-electron chi connectivity index (χ1n) is 9.60. The smallest absolute Gasteiger partial charge is 0.248 e. The van der Waals surface area contributed by atoms with Gasteiger partial charge in [-0.15, -0.1) is 0 Å². The predicted molar refractivity (Wildman–Crippen MR) is 105 cm³/mol. The van der Waals surface area contributed by atoms with E-state index in [1.807, 2.05) is 50.1 Å². The van der Waals surface area contributed by atoms with Crippen molar-refractivity contribution in [3.8, 4) is 22.3 Å². The molecule has 1 aliphatic carbocycles. The minimum atomic E-state index is -2.53. The molecule has 0 amide bonds. The number of alkyl halides is 2. The quantitative estimate of drug-likeness (QED) is 0.498. The summed E-state index contributed by atoms with van der Waals surface area (Å²) in [6.45, 7) is 4.31. The molecule has 0 N–H and O–H groups in total. The van der Waals surface area contributed by atoms with E-state index in [0.717, 1.165) is 44.7 Å². The van der Waals surface area contributed by atoms with Gasteiger partial charge in [0, 0.05) is 67.3 Å². The highest BCUT2D eigenvalue weighted by Gasteiger charge is 2.45. The van der Waals surface area contributed by atoms with Gasteiger partial charge in [0.2, 0.25) is 5.92 Å². The summed E-state index contributed by atoms with van der Waals surface area (Å²) in [6, 6.07) is 2.05. The molecule has 0 atom stereocenters. The van der Waals surface area contributed by atoms with Crippen LogP contribution >= 0.6 is 0 Å². The SMILES string of the molecule is Cc1noc(C)c1-c1cnc2c(-c3cnn(C)c3)cn(CC3CC(F)(F)C3)c2c1. The van der Waals surface area contributed by atoms with E-state index in [4.69, 9.17) is 9.51 Å². The van der Waals surface area contributed by atoms with Crippen molar-refractivity contribution < 1.29 is 13.3 Å². The van der Waals surface area contributed by atoms with Gasteiger partial charge in [-0.2, -0.15) is 5.10 Å². The minimum absolute atomic E-state index is 0.0370. The number of rotatable bonds is 4. The normalized spacial score (nSPS) is 16.4. The predicted octanol–water partition coefficient (Wildman–Crippen LogP) is 4.75. The molecular formula is C21H21F2N5O. The lowest BCUT2D eigenvalue weighted by Crippen LogP contribution is -2.37. The van der Waals surface area contributed by atoms with Gasteiger partial charge < -0.3 is 9.09 Å². The molecule has 4 aromatic heterocycles. The summed E-state index contributed by atoms with van der Waals surface area (Å²) in [6.07, 6.45) is 7.41. The Kier molecular flexibility index (Phi) is 3.88. The second kappa shape index (κ2) is 6.23. The first-order chi connectivity index (χ1) is 13.8. The highest BCUT2D eigenvalue weighted by Crippen LogP contribution is 2.44. The molecule has 0 spiro atoms. The largest absolute Gasteiger partial charge is 0.361 e. The zero-order valence-electron chi connectivity index (χ0n) is 16.5. The van der Waals surface area contributed by atoms with E-state index in [0.29, 0.717) is 6.54 Å². The second-order valence-corrected chi connectivity index (χ2v) is 8.02. The number of fused-ring (bicyclic) bond motifs is 1. The Bertz CT molecular complexity index is 1190. The number of hydrogen-bond donors (Lipinski definition) is 0. The summed E-state index contributed by atoms with van der Waals surface area (Å²) < 4.78 is 35.8. The molecule has 0 saturated heterocycles. The Morgan fingerprint density at radius 1 is 1.17 bits per heavy atom. The number of aromatic nitrogens is 5. The summed E-state index contributed by atoms with van der Waals surface area (Å²) in [5.41, 5.74) is 6.27. The van der Waals surface area contributed by atoms with Crippen LogP contribution in [0.2, 0.25) is 0 Å². The lowest BCUT2D eigenvalue weighted by Gasteiger charge is -2.35. The lowest BCUT2D eigenvalue weighted by atomic mass is 9.81. The molecule has 4 heterocycles. The minimum Gasteiger partial charge on any atom is -0.361 e. The van der Waals surface area contributed by atoms with Gasteiger partial charge in [0.15, 0.2) is 0 Å². The molecule has 4 aromatic rings. The van der Waals surface area contributed by atoms with Crippen LogP contribution in [0, 0.1) is 19.8 Å². The maximum atomic E-state index is 13.4. The fourth-order valence-corrected chi connectivity index (χ4v) is 4.31. The van der Waals surface area contributed by atoms with E-state index < -0.39 is 5.92 Å². The van der Waals surface area contributed by atoms with Crippen molar-refractivity contribution in [3.63, 3.8) is 0 Å². The van der Waals surface area contributed by atoms with Crippen molar-refractivity contribution in [1.29, 1.82) is 0 Å². The van der Waals surface area contributed by atoms with Crippen LogP contribution in [0.15, 0.2) is 35.4 Å². The summed E-state index contributed by atoms with van der Waals surface area (Å²) in [5, 5.41) is 8.29. The van der Waals surface area contributed by atoms with Crippen LogP contribution < -0.4 is 0 Å². The summed E-state index contributed by atoms with van der Waals surface area (Å²) in [7, 11) is 1.86. The molecule has 0 unspecified atom stereocenters. The molecule has 0 radical (unpaired) electrons. The van der Waals surface area contributed by atoms with Crippen molar-refractivity contribution >= 4 is 11.0 Å². The van der Waals surface area contributed by atoms with Gasteiger partial charge in [-0.1, -0.05) is 5.16 Å². The van der Waals surface area contributed by atoms with E-state index in [1.165, 1.54) is 0 Å². The van der Waals surface area contributed by atoms with Crippen molar-refractivity contribution in [2.45, 2.75) is 39.2 Å². The van der Waals surface area contributed by atoms with Crippen LogP contribution in [0.3, 0.4) is 0 Å². The third-order valence-electron chi connectivity index (χ3n) is 5.68.